The summed E-state index contributed by atoms with van der Waals surface area (Å²) in [6.07, 6.45) is -4.05. The normalized spacial score (nSPS) is 14.2. The van der Waals surface area contributed by atoms with Crippen LogP contribution >= 0.6 is 0 Å². The highest BCUT2D eigenvalue weighted by Gasteiger charge is 2.63. The first kappa shape index (κ1) is 17.9. The van der Waals surface area contributed by atoms with Crippen LogP contribution in [-0.2, 0) is 9.53 Å². The standard InChI is InChI=1S/C17H13F4N3O2/c1-26-16(18,17(19,20)21)15(25)23-14-13(11-7-3-2-4-8-11)22-12-9-5-6-10-24(12)14/h2-10H,1H3,(H,23,25)/t16-/m0/s1. The summed E-state index contributed by atoms with van der Waals surface area (Å²) in [6, 6.07) is 13.4. The summed E-state index contributed by atoms with van der Waals surface area (Å²) in [5.41, 5.74) is 1.11. The molecule has 0 unspecified atom stereocenters. The Morgan fingerprint density at radius 1 is 1.08 bits per heavy atom. The fourth-order valence-electron chi connectivity index (χ4n) is 2.44. The van der Waals surface area contributed by atoms with Gasteiger partial charge in [-0.1, -0.05) is 36.4 Å². The van der Waals surface area contributed by atoms with E-state index in [9.17, 15) is 22.4 Å². The zero-order valence-electron chi connectivity index (χ0n) is 13.4. The number of rotatable bonds is 4. The number of imidazole rings is 1. The zero-order chi connectivity index (χ0) is 18.9. The number of ether oxygens (including phenoxy) is 1. The van der Waals surface area contributed by atoms with Crippen molar-refractivity contribution in [1.82, 2.24) is 9.38 Å². The quantitative estimate of drug-likeness (QED) is 0.714. The van der Waals surface area contributed by atoms with E-state index in [0.29, 0.717) is 18.3 Å². The first-order valence-electron chi connectivity index (χ1n) is 7.42. The van der Waals surface area contributed by atoms with Crippen LogP contribution in [0.2, 0.25) is 0 Å². The van der Waals surface area contributed by atoms with E-state index >= 15 is 0 Å². The summed E-state index contributed by atoms with van der Waals surface area (Å²) in [6.45, 7) is 0. The molecule has 2 aromatic heterocycles. The minimum Gasteiger partial charge on any atom is -0.335 e. The van der Waals surface area contributed by atoms with Crippen molar-refractivity contribution in [2.75, 3.05) is 12.4 Å². The van der Waals surface area contributed by atoms with Crippen molar-refractivity contribution in [1.29, 1.82) is 0 Å². The minimum atomic E-state index is -5.54. The third kappa shape index (κ3) is 2.90. The smallest absolute Gasteiger partial charge is 0.335 e. The first-order valence-corrected chi connectivity index (χ1v) is 7.42. The van der Waals surface area contributed by atoms with Crippen LogP contribution < -0.4 is 5.32 Å². The number of carbonyl (C=O) groups excluding carboxylic acids is 1. The van der Waals surface area contributed by atoms with Crippen LogP contribution in [0.25, 0.3) is 16.9 Å². The molecule has 2 heterocycles. The van der Waals surface area contributed by atoms with Gasteiger partial charge in [0.15, 0.2) is 0 Å². The number of nitrogens with zero attached hydrogens (tertiary/aromatic N) is 2. The molecule has 0 aliphatic rings. The third-order valence-electron chi connectivity index (χ3n) is 3.75. The number of benzene rings is 1. The van der Waals surface area contributed by atoms with Crippen molar-refractivity contribution in [2.24, 2.45) is 0 Å². The van der Waals surface area contributed by atoms with Gasteiger partial charge in [-0.25, -0.2) is 4.98 Å². The number of nitrogens with one attached hydrogen (secondary N) is 1. The van der Waals surface area contributed by atoms with E-state index in [1.165, 1.54) is 10.6 Å². The van der Waals surface area contributed by atoms with Gasteiger partial charge in [-0.2, -0.15) is 17.6 Å². The molecule has 1 aromatic carbocycles. The van der Waals surface area contributed by atoms with Crippen molar-refractivity contribution in [2.45, 2.75) is 12.0 Å². The van der Waals surface area contributed by atoms with Gasteiger partial charge in [0, 0.05) is 18.9 Å². The molecule has 0 aliphatic heterocycles. The van der Waals surface area contributed by atoms with Crippen molar-refractivity contribution in [3.63, 3.8) is 0 Å². The zero-order valence-corrected chi connectivity index (χ0v) is 13.4. The molecular formula is C17H13F4N3O2. The molecule has 0 fully saturated rings. The Kier molecular flexibility index (Phi) is 4.41. The Morgan fingerprint density at radius 3 is 2.35 bits per heavy atom. The predicted molar refractivity (Wildman–Crippen MR) is 86.2 cm³/mol. The molecule has 0 spiro atoms. The number of amides is 1. The number of fused-ring (bicyclic) bond motifs is 1. The predicted octanol–water partition coefficient (Wildman–Crippen LogP) is 3.81. The summed E-state index contributed by atoms with van der Waals surface area (Å²) in [5, 5.41) is 1.97. The molecule has 0 radical (unpaired) electrons. The van der Waals surface area contributed by atoms with Gasteiger partial charge in [-0.3, -0.25) is 9.20 Å². The number of hydrogen-bond acceptors (Lipinski definition) is 3. The lowest BCUT2D eigenvalue weighted by Crippen LogP contribution is -2.52. The fourth-order valence-corrected chi connectivity index (χ4v) is 2.44. The number of hydrogen-bond donors (Lipinski definition) is 1. The molecule has 26 heavy (non-hydrogen) atoms. The maximum Gasteiger partial charge on any atom is 0.458 e. The monoisotopic (exact) mass is 367 g/mol. The molecule has 1 atom stereocenters. The lowest BCUT2D eigenvalue weighted by atomic mass is 10.1. The summed E-state index contributed by atoms with van der Waals surface area (Å²) in [4.78, 5) is 16.4. The maximum absolute atomic E-state index is 14.2. The van der Waals surface area contributed by atoms with Gasteiger partial charge in [0.1, 0.15) is 17.2 Å². The third-order valence-corrected chi connectivity index (χ3v) is 3.75. The SMILES string of the molecule is CO[C@@](F)(C(=O)Nc1c(-c2ccccc2)nc2ccccn12)C(F)(F)F. The summed E-state index contributed by atoms with van der Waals surface area (Å²) < 4.78 is 58.2. The fraction of sp³-hybridized carbons (Fsp3) is 0.176. The van der Waals surface area contributed by atoms with E-state index in [-0.39, 0.29) is 11.5 Å². The van der Waals surface area contributed by atoms with Gasteiger partial charge in [0.2, 0.25) is 0 Å². The van der Waals surface area contributed by atoms with Crippen molar-refractivity contribution < 1.29 is 27.1 Å². The number of aromatic nitrogens is 2. The average Bonchev–Trinajstić information content (AvgIpc) is 2.99. The number of carbonyl (C=O) groups is 1. The van der Waals surface area contributed by atoms with E-state index in [1.54, 1.807) is 48.5 Å². The largest absolute Gasteiger partial charge is 0.458 e. The molecule has 5 nitrogen and oxygen atoms in total. The molecule has 9 heteroatoms. The molecule has 0 saturated heterocycles. The van der Waals surface area contributed by atoms with Gasteiger partial charge >= 0.3 is 17.9 Å². The lowest BCUT2D eigenvalue weighted by Gasteiger charge is -2.24. The summed E-state index contributed by atoms with van der Waals surface area (Å²) >= 11 is 0. The molecular weight excluding hydrogens is 354 g/mol. The second kappa shape index (κ2) is 6.41. The van der Waals surface area contributed by atoms with E-state index in [0.717, 1.165) is 0 Å². The number of pyridine rings is 1. The topological polar surface area (TPSA) is 55.6 Å². The Bertz CT molecular complexity index is 940. The molecule has 3 aromatic rings. The Labute approximate surface area is 145 Å². The van der Waals surface area contributed by atoms with Crippen LogP contribution in [0.3, 0.4) is 0 Å². The van der Waals surface area contributed by atoms with Crippen LogP contribution in [-0.4, -0.2) is 34.4 Å². The van der Waals surface area contributed by atoms with Gasteiger partial charge in [0.05, 0.1) is 0 Å². The molecule has 0 bridgehead atoms. The van der Waals surface area contributed by atoms with Crippen LogP contribution in [0.15, 0.2) is 54.7 Å². The number of alkyl halides is 4. The van der Waals surface area contributed by atoms with Crippen LogP contribution in [0.4, 0.5) is 23.4 Å². The number of methoxy groups -OCH3 is 1. The second-order valence-electron chi connectivity index (χ2n) is 5.36. The highest BCUT2D eigenvalue weighted by Crippen LogP contribution is 2.37. The van der Waals surface area contributed by atoms with E-state index in [2.05, 4.69) is 9.72 Å². The molecule has 3 rings (SSSR count). The Balaban J connectivity index is 2.11. The van der Waals surface area contributed by atoms with E-state index in [4.69, 9.17) is 0 Å². The first-order chi connectivity index (χ1) is 12.3. The summed E-state index contributed by atoms with van der Waals surface area (Å²) in [7, 11) is 0.472. The maximum atomic E-state index is 14.2. The van der Waals surface area contributed by atoms with Gasteiger partial charge in [0.25, 0.3) is 0 Å². The number of anilines is 1. The average molecular weight is 367 g/mol. The van der Waals surface area contributed by atoms with E-state index < -0.39 is 17.9 Å². The molecule has 136 valence electrons. The van der Waals surface area contributed by atoms with Gasteiger partial charge in [-0.05, 0) is 12.1 Å². The minimum absolute atomic E-state index is 0.0971. The van der Waals surface area contributed by atoms with E-state index in [1.807, 2.05) is 5.32 Å². The lowest BCUT2D eigenvalue weighted by molar-refractivity contribution is -0.305. The van der Waals surface area contributed by atoms with Crippen LogP contribution in [0, 0.1) is 0 Å². The van der Waals surface area contributed by atoms with Gasteiger partial charge < -0.3 is 10.1 Å². The highest BCUT2D eigenvalue weighted by molar-refractivity contribution is 5.99. The Morgan fingerprint density at radius 2 is 1.73 bits per heavy atom. The summed E-state index contributed by atoms with van der Waals surface area (Å²) in [5.74, 6) is -6.57. The molecule has 0 aliphatic carbocycles. The second-order valence-corrected chi connectivity index (χ2v) is 5.36. The molecule has 0 saturated carbocycles. The van der Waals surface area contributed by atoms with Crippen molar-refractivity contribution in [3.05, 3.63) is 54.7 Å². The van der Waals surface area contributed by atoms with Gasteiger partial charge in [-0.15, -0.1) is 0 Å². The molecule has 1 N–H and O–H groups in total. The van der Waals surface area contributed by atoms with Crippen molar-refractivity contribution in [3.8, 4) is 11.3 Å². The Hall–Kier alpha value is -2.94. The number of halogens is 4. The molecule has 1 amide bonds. The van der Waals surface area contributed by atoms with Crippen molar-refractivity contribution >= 4 is 17.4 Å². The van der Waals surface area contributed by atoms with Crippen LogP contribution in [0.1, 0.15) is 0 Å². The highest BCUT2D eigenvalue weighted by atomic mass is 19.4. The van der Waals surface area contributed by atoms with Crippen LogP contribution in [0.5, 0.6) is 0 Å².